The van der Waals surface area contributed by atoms with Gasteiger partial charge in [-0.1, -0.05) is 6.92 Å². The highest BCUT2D eigenvalue weighted by Crippen LogP contribution is 2.17. The molecule has 1 fully saturated rings. The van der Waals surface area contributed by atoms with Crippen LogP contribution in [0.25, 0.3) is 0 Å². The third-order valence-electron chi connectivity index (χ3n) is 2.89. The maximum atomic E-state index is 11.5. The van der Waals surface area contributed by atoms with Crippen LogP contribution in [0.2, 0.25) is 0 Å². The van der Waals surface area contributed by atoms with E-state index in [9.17, 15) is 13.2 Å². The van der Waals surface area contributed by atoms with Crippen molar-refractivity contribution in [2.24, 2.45) is 0 Å². The quantitative estimate of drug-likeness (QED) is 0.697. The smallest absolute Gasteiger partial charge is 0.222 e. The first-order valence-electron chi connectivity index (χ1n) is 5.04. The molecule has 0 aromatic carbocycles. The van der Waals surface area contributed by atoms with Gasteiger partial charge in [-0.3, -0.25) is 4.79 Å². The van der Waals surface area contributed by atoms with Crippen LogP contribution in [0.5, 0.6) is 0 Å². The van der Waals surface area contributed by atoms with Crippen molar-refractivity contribution in [2.45, 2.75) is 25.4 Å². The van der Waals surface area contributed by atoms with E-state index < -0.39 is 9.84 Å². The summed E-state index contributed by atoms with van der Waals surface area (Å²) in [6.07, 6.45) is 0.406. The first-order chi connectivity index (χ1) is 6.91. The molecule has 15 heavy (non-hydrogen) atoms. The Morgan fingerprint density at radius 1 is 1.47 bits per heavy atom. The van der Waals surface area contributed by atoms with Gasteiger partial charge in [-0.2, -0.15) is 0 Å². The average Bonchev–Trinajstić information content (AvgIpc) is 2.51. The molecule has 0 aliphatic carbocycles. The highest BCUT2D eigenvalue weighted by atomic mass is 32.2. The summed E-state index contributed by atoms with van der Waals surface area (Å²) >= 11 is 0. The van der Waals surface area contributed by atoms with Gasteiger partial charge in [0.1, 0.15) is 0 Å². The molecule has 1 rings (SSSR count). The number of likely N-dealkylation sites (N-methyl/N-ethyl adjacent to an activating group) is 2. The summed E-state index contributed by atoms with van der Waals surface area (Å²) in [5, 5.41) is 2.96. The van der Waals surface area contributed by atoms with Crippen LogP contribution >= 0.6 is 0 Å². The molecule has 6 heteroatoms. The summed E-state index contributed by atoms with van der Waals surface area (Å²) in [6.45, 7) is 1.77. The van der Waals surface area contributed by atoms with Gasteiger partial charge in [0.2, 0.25) is 5.91 Å². The zero-order valence-electron chi connectivity index (χ0n) is 9.36. The van der Waals surface area contributed by atoms with Crippen LogP contribution in [0.1, 0.15) is 13.3 Å². The molecule has 0 radical (unpaired) electrons. The van der Waals surface area contributed by atoms with Crippen molar-refractivity contribution < 1.29 is 13.2 Å². The molecule has 1 aliphatic rings. The fraction of sp³-hybridized carbons (Fsp3) is 0.889. The summed E-state index contributed by atoms with van der Waals surface area (Å²) in [4.78, 5) is 13.0. The Bertz CT molecular complexity index is 339. The molecular formula is C9H18N2O3S. The lowest BCUT2D eigenvalue weighted by atomic mass is 10.1. The van der Waals surface area contributed by atoms with Crippen molar-refractivity contribution in [3.8, 4) is 0 Å². The second kappa shape index (κ2) is 4.49. The Balaban J connectivity index is 2.81. The molecule has 1 heterocycles. The van der Waals surface area contributed by atoms with E-state index in [1.165, 1.54) is 0 Å². The van der Waals surface area contributed by atoms with E-state index in [1.54, 1.807) is 25.9 Å². The number of hydrogen-bond donors (Lipinski definition) is 1. The zero-order chi connectivity index (χ0) is 11.6. The largest absolute Gasteiger partial charge is 0.340 e. The molecule has 2 atom stereocenters. The van der Waals surface area contributed by atoms with E-state index in [0.29, 0.717) is 6.42 Å². The number of amides is 1. The minimum absolute atomic E-state index is 0.0163. The normalized spacial score (nSPS) is 29.0. The molecule has 1 amide bonds. The van der Waals surface area contributed by atoms with Crippen molar-refractivity contribution >= 4 is 15.7 Å². The Hall–Kier alpha value is -0.620. The first kappa shape index (κ1) is 12.4. The van der Waals surface area contributed by atoms with Crippen molar-refractivity contribution in [2.75, 3.05) is 25.6 Å². The second-order valence-electron chi connectivity index (χ2n) is 3.90. The number of carbonyl (C=O) groups is 1. The number of hydrogen-bond acceptors (Lipinski definition) is 4. The van der Waals surface area contributed by atoms with E-state index >= 15 is 0 Å². The number of nitrogens with zero attached hydrogens (tertiary/aromatic N) is 1. The Kier molecular flexibility index (Phi) is 3.72. The zero-order valence-corrected chi connectivity index (χ0v) is 10.2. The molecule has 0 unspecified atom stereocenters. The van der Waals surface area contributed by atoms with Gasteiger partial charge in [-0.05, 0) is 7.05 Å². The number of carbonyl (C=O) groups excluding carboxylic acids is 1. The maximum Gasteiger partial charge on any atom is 0.222 e. The summed E-state index contributed by atoms with van der Waals surface area (Å²) < 4.78 is 22.9. The van der Waals surface area contributed by atoms with Gasteiger partial charge >= 0.3 is 0 Å². The van der Waals surface area contributed by atoms with Gasteiger partial charge in [-0.25, -0.2) is 8.42 Å². The van der Waals surface area contributed by atoms with E-state index in [-0.39, 0.29) is 29.5 Å². The Morgan fingerprint density at radius 2 is 2.07 bits per heavy atom. The third-order valence-corrected chi connectivity index (χ3v) is 4.60. The van der Waals surface area contributed by atoms with Gasteiger partial charge in [0.05, 0.1) is 17.5 Å². The van der Waals surface area contributed by atoms with Crippen molar-refractivity contribution in [3.05, 3.63) is 0 Å². The predicted octanol–water partition coefficient (Wildman–Crippen LogP) is -0.760. The average molecular weight is 234 g/mol. The van der Waals surface area contributed by atoms with Crippen LogP contribution in [0.3, 0.4) is 0 Å². The maximum absolute atomic E-state index is 11.5. The fourth-order valence-corrected chi connectivity index (χ4v) is 3.97. The molecule has 1 aliphatic heterocycles. The predicted molar refractivity (Wildman–Crippen MR) is 58.4 cm³/mol. The molecule has 0 spiro atoms. The molecule has 1 saturated heterocycles. The van der Waals surface area contributed by atoms with E-state index in [0.717, 1.165) is 0 Å². The van der Waals surface area contributed by atoms with E-state index in [2.05, 4.69) is 5.32 Å². The molecule has 0 aromatic rings. The molecule has 0 bridgehead atoms. The van der Waals surface area contributed by atoms with Crippen LogP contribution < -0.4 is 5.32 Å². The van der Waals surface area contributed by atoms with Gasteiger partial charge in [0.15, 0.2) is 9.84 Å². The molecule has 5 nitrogen and oxygen atoms in total. The molecule has 0 saturated carbocycles. The van der Waals surface area contributed by atoms with Gasteiger partial charge in [0.25, 0.3) is 0 Å². The minimum atomic E-state index is -3.00. The van der Waals surface area contributed by atoms with Crippen LogP contribution in [0, 0.1) is 0 Å². The van der Waals surface area contributed by atoms with Crippen LogP contribution in [0.4, 0.5) is 0 Å². The van der Waals surface area contributed by atoms with Crippen molar-refractivity contribution in [1.82, 2.24) is 10.2 Å². The van der Waals surface area contributed by atoms with E-state index in [4.69, 9.17) is 0 Å². The first-order valence-corrected chi connectivity index (χ1v) is 6.86. The number of rotatable bonds is 3. The van der Waals surface area contributed by atoms with Gasteiger partial charge in [-0.15, -0.1) is 0 Å². The summed E-state index contributed by atoms with van der Waals surface area (Å²) in [5.41, 5.74) is 0. The fourth-order valence-electron chi connectivity index (χ4n) is 1.92. The highest BCUT2D eigenvalue weighted by molar-refractivity contribution is 7.91. The van der Waals surface area contributed by atoms with Crippen LogP contribution in [-0.4, -0.2) is 56.9 Å². The van der Waals surface area contributed by atoms with Gasteiger partial charge < -0.3 is 10.2 Å². The lowest BCUT2D eigenvalue weighted by Crippen LogP contribution is -2.48. The SMILES string of the molecule is CCC(=O)N(C)[C@@H]1CS(=O)(=O)C[C@H]1NC. The van der Waals surface area contributed by atoms with Crippen molar-refractivity contribution in [1.29, 1.82) is 0 Å². The molecule has 0 aromatic heterocycles. The summed E-state index contributed by atoms with van der Waals surface area (Å²) in [7, 11) is 0.393. The van der Waals surface area contributed by atoms with Crippen LogP contribution in [-0.2, 0) is 14.6 Å². The highest BCUT2D eigenvalue weighted by Gasteiger charge is 2.40. The molecule has 1 N–H and O–H groups in total. The summed E-state index contributed by atoms with van der Waals surface area (Å²) in [5.74, 6) is 0.174. The van der Waals surface area contributed by atoms with Crippen molar-refractivity contribution in [3.63, 3.8) is 0 Å². The second-order valence-corrected chi connectivity index (χ2v) is 6.05. The lowest BCUT2D eigenvalue weighted by Gasteiger charge is -2.28. The van der Waals surface area contributed by atoms with E-state index in [1.807, 2.05) is 0 Å². The lowest BCUT2D eigenvalue weighted by molar-refractivity contribution is -0.131. The Morgan fingerprint density at radius 3 is 2.53 bits per heavy atom. The minimum Gasteiger partial charge on any atom is -0.340 e. The third kappa shape index (κ3) is 2.69. The monoisotopic (exact) mass is 234 g/mol. The number of sulfone groups is 1. The van der Waals surface area contributed by atoms with Crippen LogP contribution in [0.15, 0.2) is 0 Å². The number of nitrogens with one attached hydrogen (secondary N) is 1. The molecular weight excluding hydrogens is 216 g/mol. The molecule has 88 valence electrons. The Labute approximate surface area is 90.7 Å². The standard InChI is InChI=1S/C9H18N2O3S/c1-4-9(12)11(3)8-6-15(13,14)5-7(8)10-2/h7-8,10H,4-6H2,1-3H3/t7-,8-/m1/s1. The van der Waals surface area contributed by atoms with Gasteiger partial charge in [0, 0.05) is 19.5 Å². The topological polar surface area (TPSA) is 66.5 Å². The summed E-state index contributed by atoms with van der Waals surface area (Å²) in [6, 6.07) is -0.372.